The van der Waals surface area contributed by atoms with E-state index in [2.05, 4.69) is 31.9 Å². The Labute approximate surface area is 177 Å². The van der Waals surface area contributed by atoms with Gasteiger partial charge in [-0.15, -0.1) is 0 Å². The van der Waals surface area contributed by atoms with Crippen LogP contribution in [-0.4, -0.2) is 22.2 Å². The highest BCUT2D eigenvalue weighted by Gasteiger charge is 2.21. The lowest BCUT2D eigenvalue weighted by Gasteiger charge is -2.15. The monoisotopic (exact) mass is 504 g/mol. The molecule has 0 aliphatic rings. The van der Waals surface area contributed by atoms with Crippen LogP contribution in [0.2, 0.25) is 0 Å². The van der Waals surface area contributed by atoms with Crippen molar-refractivity contribution in [2.24, 2.45) is 0 Å². The van der Waals surface area contributed by atoms with Gasteiger partial charge in [0.1, 0.15) is 0 Å². The standard InChI is InChI=1S/C20H14Br2N2O4/c21-13-5-1-11(2-6-13)15-9-18(20(26)24-28)16(10-17(15)19(25)23-27)12-3-7-14(22)8-4-12/h1-10,27-28H,(H,23,25)(H,24,26). The van der Waals surface area contributed by atoms with E-state index in [0.29, 0.717) is 22.3 Å². The van der Waals surface area contributed by atoms with Gasteiger partial charge in [0.25, 0.3) is 11.8 Å². The molecule has 2 amide bonds. The summed E-state index contributed by atoms with van der Waals surface area (Å²) in [6.45, 7) is 0. The van der Waals surface area contributed by atoms with Crippen molar-refractivity contribution in [2.75, 3.05) is 0 Å². The Kier molecular flexibility index (Phi) is 6.25. The number of nitrogens with one attached hydrogen (secondary N) is 2. The molecule has 0 fully saturated rings. The molecular formula is C20H14Br2N2O4. The molecule has 3 aromatic carbocycles. The van der Waals surface area contributed by atoms with Gasteiger partial charge in [-0.25, -0.2) is 11.0 Å². The predicted octanol–water partition coefficient (Wildman–Crippen LogP) is 4.78. The molecule has 0 aliphatic heterocycles. The van der Waals surface area contributed by atoms with Gasteiger partial charge in [-0.1, -0.05) is 56.1 Å². The summed E-state index contributed by atoms with van der Waals surface area (Å²) in [7, 11) is 0. The molecular weight excluding hydrogens is 492 g/mol. The van der Waals surface area contributed by atoms with E-state index in [1.54, 1.807) is 59.5 Å². The molecule has 4 N–H and O–H groups in total. The highest BCUT2D eigenvalue weighted by Crippen LogP contribution is 2.33. The van der Waals surface area contributed by atoms with Crippen LogP contribution in [0.15, 0.2) is 69.6 Å². The number of benzene rings is 3. The number of hydrogen-bond acceptors (Lipinski definition) is 4. The van der Waals surface area contributed by atoms with Crippen LogP contribution in [0, 0.1) is 0 Å². The van der Waals surface area contributed by atoms with Crippen molar-refractivity contribution in [3.05, 3.63) is 80.7 Å². The van der Waals surface area contributed by atoms with Gasteiger partial charge in [-0.05, 0) is 58.7 Å². The first-order chi connectivity index (χ1) is 13.4. The van der Waals surface area contributed by atoms with Crippen molar-refractivity contribution in [1.82, 2.24) is 11.0 Å². The molecule has 0 saturated carbocycles. The van der Waals surface area contributed by atoms with Gasteiger partial charge in [-0.3, -0.25) is 20.0 Å². The number of hydrogen-bond donors (Lipinski definition) is 4. The van der Waals surface area contributed by atoms with Crippen LogP contribution in [0.3, 0.4) is 0 Å². The zero-order chi connectivity index (χ0) is 20.3. The van der Waals surface area contributed by atoms with Gasteiger partial charge < -0.3 is 0 Å². The number of carbonyl (C=O) groups is 2. The summed E-state index contributed by atoms with van der Waals surface area (Å²) >= 11 is 6.71. The van der Waals surface area contributed by atoms with Gasteiger partial charge in [0.15, 0.2) is 0 Å². The van der Waals surface area contributed by atoms with E-state index in [1.807, 2.05) is 0 Å². The SMILES string of the molecule is O=C(NO)c1cc(-c2ccc(Br)cc2)c(C(=O)NO)cc1-c1ccc(Br)cc1. The topological polar surface area (TPSA) is 98.7 Å². The molecule has 0 atom stereocenters. The first kappa shape index (κ1) is 20.2. The number of rotatable bonds is 4. The Morgan fingerprint density at radius 2 is 0.964 bits per heavy atom. The molecule has 0 aliphatic carbocycles. The Morgan fingerprint density at radius 1 is 0.643 bits per heavy atom. The predicted molar refractivity (Wildman–Crippen MR) is 111 cm³/mol. The summed E-state index contributed by atoms with van der Waals surface area (Å²) < 4.78 is 1.70. The van der Waals surface area contributed by atoms with Crippen LogP contribution >= 0.6 is 31.9 Å². The lowest BCUT2D eigenvalue weighted by molar-refractivity contribution is 0.0699. The quantitative estimate of drug-likeness (QED) is 0.303. The van der Waals surface area contributed by atoms with E-state index in [0.717, 1.165) is 8.95 Å². The van der Waals surface area contributed by atoms with E-state index in [9.17, 15) is 20.0 Å². The highest BCUT2D eigenvalue weighted by atomic mass is 79.9. The van der Waals surface area contributed by atoms with Crippen molar-refractivity contribution in [3.63, 3.8) is 0 Å². The van der Waals surface area contributed by atoms with Crippen LogP contribution in [-0.2, 0) is 0 Å². The molecule has 0 bridgehead atoms. The molecule has 142 valence electrons. The second-order valence-electron chi connectivity index (χ2n) is 5.84. The van der Waals surface area contributed by atoms with Crippen molar-refractivity contribution >= 4 is 43.7 Å². The summed E-state index contributed by atoms with van der Waals surface area (Å²) in [5.41, 5.74) is 5.84. The van der Waals surface area contributed by atoms with E-state index in [-0.39, 0.29) is 11.1 Å². The maximum Gasteiger partial charge on any atom is 0.275 e. The molecule has 0 unspecified atom stereocenters. The summed E-state index contributed by atoms with van der Waals surface area (Å²) in [6, 6.07) is 17.3. The first-order valence-electron chi connectivity index (χ1n) is 8.03. The maximum atomic E-state index is 12.3. The lowest BCUT2D eigenvalue weighted by atomic mass is 9.90. The van der Waals surface area contributed by atoms with Crippen LogP contribution in [0.1, 0.15) is 20.7 Å². The second-order valence-corrected chi connectivity index (χ2v) is 7.67. The van der Waals surface area contributed by atoms with Crippen LogP contribution in [0.5, 0.6) is 0 Å². The number of carbonyl (C=O) groups excluding carboxylic acids is 2. The summed E-state index contributed by atoms with van der Waals surface area (Å²) in [6.07, 6.45) is 0. The Balaban J connectivity index is 2.31. The Bertz CT molecular complexity index is 950. The Hall–Kier alpha value is -2.52. The third-order valence-electron chi connectivity index (χ3n) is 4.16. The summed E-state index contributed by atoms with van der Waals surface area (Å²) in [4.78, 5) is 24.7. The molecule has 0 spiro atoms. The minimum absolute atomic E-state index is 0.178. The molecule has 0 aromatic heterocycles. The van der Waals surface area contributed by atoms with Crippen LogP contribution < -0.4 is 11.0 Å². The highest BCUT2D eigenvalue weighted by molar-refractivity contribution is 9.10. The fourth-order valence-electron chi connectivity index (χ4n) is 2.83. The van der Waals surface area contributed by atoms with Crippen LogP contribution in [0.25, 0.3) is 22.3 Å². The number of amides is 2. The third kappa shape index (κ3) is 4.15. The van der Waals surface area contributed by atoms with E-state index in [4.69, 9.17) is 0 Å². The second kappa shape index (κ2) is 8.66. The minimum atomic E-state index is -0.716. The van der Waals surface area contributed by atoms with E-state index >= 15 is 0 Å². The van der Waals surface area contributed by atoms with E-state index in [1.165, 1.54) is 12.1 Å². The molecule has 28 heavy (non-hydrogen) atoms. The zero-order valence-corrected chi connectivity index (χ0v) is 17.4. The lowest BCUT2D eigenvalue weighted by Crippen LogP contribution is -2.22. The molecule has 3 aromatic rings. The fraction of sp³-hybridized carbons (Fsp3) is 0. The average Bonchev–Trinajstić information content (AvgIpc) is 2.73. The largest absolute Gasteiger partial charge is 0.288 e. The molecule has 6 nitrogen and oxygen atoms in total. The molecule has 0 radical (unpaired) electrons. The Morgan fingerprint density at radius 3 is 1.25 bits per heavy atom. The van der Waals surface area contributed by atoms with Crippen molar-refractivity contribution in [1.29, 1.82) is 0 Å². The van der Waals surface area contributed by atoms with Crippen molar-refractivity contribution in [2.45, 2.75) is 0 Å². The number of hydroxylamine groups is 2. The molecule has 0 heterocycles. The zero-order valence-electron chi connectivity index (χ0n) is 14.2. The van der Waals surface area contributed by atoms with Gasteiger partial charge >= 0.3 is 0 Å². The van der Waals surface area contributed by atoms with E-state index < -0.39 is 11.8 Å². The third-order valence-corrected chi connectivity index (χ3v) is 5.22. The van der Waals surface area contributed by atoms with Gasteiger partial charge in [0.05, 0.1) is 11.1 Å². The molecule has 8 heteroatoms. The fourth-order valence-corrected chi connectivity index (χ4v) is 3.36. The smallest absolute Gasteiger partial charge is 0.275 e. The maximum absolute atomic E-state index is 12.3. The normalized spacial score (nSPS) is 10.4. The molecule has 0 saturated heterocycles. The number of halogens is 2. The van der Waals surface area contributed by atoms with Gasteiger partial charge in [0.2, 0.25) is 0 Å². The summed E-state index contributed by atoms with van der Waals surface area (Å²) in [5, 5.41) is 18.4. The summed E-state index contributed by atoms with van der Waals surface area (Å²) in [5.74, 6) is -1.43. The average molecular weight is 506 g/mol. The van der Waals surface area contributed by atoms with Crippen molar-refractivity contribution < 1.29 is 20.0 Å². The van der Waals surface area contributed by atoms with Crippen molar-refractivity contribution in [3.8, 4) is 22.3 Å². The van der Waals surface area contributed by atoms with Gasteiger partial charge in [0, 0.05) is 8.95 Å². The minimum Gasteiger partial charge on any atom is -0.288 e. The van der Waals surface area contributed by atoms with Crippen LogP contribution in [0.4, 0.5) is 0 Å². The first-order valence-corrected chi connectivity index (χ1v) is 9.62. The molecule has 3 rings (SSSR count). The van der Waals surface area contributed by atoms with Gasteiger partial charge in [-0.2, -0.15) is 0 Å².